The number of nitrogens with zero attached hydrogens (tertiary/aromatic N) is 2. The molecule has 1 saturated heterocycles. The highest BCUT2D eigenvalue weighted by atomic mass is 16.5. The Kier molecular flexibility index (Phi) is 18.8. The minimum absolute atomic E-state index is 0.0600. The second-order valence-corrected chi connectivity index (χ2v) is 9.37. The molecule has 0 aromatic heterocycles. The molecule has 2 amide bonds. The maximum atomic E-state index is 11.9. The van der Waals surface area contributed by atoms with Crippen molar-refractivity contribution in [2.75, 3.05) is 33.8 Å². The molecule has 2 atom stereocenters. The fourth-order valence-electron chi connectivity index (χ4n) is 2.98. The van der Waals surface area contributed by atoms with Crippen LogP contribution in [0.1, 0.15) is 74.7 Å². The Morgan fingerprint density at radius 1 is 1.19 bits per heavy atom. The molecule has 0 saturated carbocycles. The van der Waals surface area contributed by atoms with E-state index in [4.69, 9.17) is 4.74 Å². The van der Waals surface area contributed by atoms with Gasteiger partial charge in [-0.2, -0.15) is 0 Å². The van der Waals surface area contributed by atoms with Gasteiger partial charge in [0, 0.05) is 18.7 Å². The SMILES string of the molecule is CC(C)C.CCOC(=O)/C(C)=C/[C@H](C(C)C)N(C)C(=O)CNC=O.C[C@H]1CCCCN1C. The summed E-state index contributed by atoms with van der Waals surface area (Å²) in [6, 6.07) is 0.601. The summed E-state index contributed by atoms with van der Waals surface area (Å²) in [4.78, 5) is 37.7. The van der Waals surface area contributed by atoms with Crippen LogP contribution in [0.3, 0.4) is 0 Å². The third kappa shape index (κ3) is 15.8. The van der Waals surface area contributed by atoms with Gasteiger partial charge in [-0.25, -0.2) is 4.79 Å². The summed E-state index contributed by atoms with van der Waals surface area (Å²) in [5.41, 5.74) is 0.466. The standard InChI is InChI=1S/C14H24N2O4.C7H15N.C4H10/c1-6-20-14(19)11(4)7-12(10(2)3)16(5)13(18)8-15-9-17;1-7-5-3-4-6-8(7)2;1-4(2)3/h7,9-10,12H,6,8H2,1-5H3,(H,15,17);7H,3-6H2,1-2H3;4H,1-3H3/b11-7+;;/t12-;7-;/m10./s1. The number of carbonyl (C=O) groups is 3. The van der Waals surface area contributed by atoms with E-state index in [-0.39, 0.29) is 30.4 Å². The number of piperidine rings is 1. The van der Waals surface area contributed by atoms with Crippen molar-refractivity contribution in [3.8, 4) is 0 Å². The van der Waals surface area contributed by atoms with Gasteiger partial charge in [-0.05, 0) is 59.0 Å². The Balaban J connectivity index is 0. The first kappa shape index (κ1) is 32.3. The van der Waals surface area contributed by atoms with E-state index in [9.17, 15) is 14.4 Å². The molecule has 1 fully saturated rings. The molecule has 7 nitrogen and oxygen atoms in total. The molecular weight excluding hydrogens is 406 g/mol. The van der Waals surface area contributed by atoms with Crippen molar-refractivity contribution in [2.24, 2.45) is 11.8 Å². The highest BCUT2D eigenvalue weighted by Gasteiger charge is 2.22. The van der Waals surface area contributed by atoms with Crippen LogP contribution in [-0.2, 0) is 19.1 Å². The molecule has 1 rings (SSSR count). The molecule has 0 aromatic rings. The van der Waals surface area contributed by atoms with Gasteiger partial charge in [0.25, 0.3) is 0 Å². The van der Waals surface area contributed by atoms with Crippen molar-refractivity contribution in [1.29, 1.82) is 0 Å². The molecule has 32 heavy (non-hydrogen) atoms. The smallest absolute Gasteiger partial charge is 0.333 e. The molecule has 188 valence electrons. The lowest BCUT2D eigenvalue weighted by Gasteiger charge is -2.29. The van der Waals surface area contributed by atoms with Crippen LogP contribution >= 0.6 is 0 Å². The van der Waals surface area contributed by atoms with Gasteiger partial charge >= 0.3 is 5.97 Å². The summed E-state index contributed by atoms with van der Waals surface area (Å²) in [7, 11) is 3.86. The Labute approximate surface area is 196 Å². The maximum Gasteiger partial charge on any atom is 0.333 e. The number of hydrogen-bond acceptors (Lipinski definition) is 5. The molecule has 0 radical (unpaired) electrons. The Morgan fingerprint density at radius 3 is 2.12 bits per heavy atom. The number of likely N-dealkylation sites (tertiary alicyclic amines) is 1. The summed E-state index contributed by atoms with van der Waals surface area (Å²) >= 11 is 0. The summed E-state index contributed by atoms with van der Waals surface area (Å²) in [5.74, 6) is 0.360. The Morgan fingerprint density at radius 2 is 1.75 bits per heavy atom. The van der Waals surface area contributed by atoms with Gasteiger partial charge in [-0.15, -0.1) is 0 Å². The molecule has 0 aliphatic carbocycles. The van der Waals surface area contributed by atoms with Crippen LogP contribution in [0.25, 0.3) is 0 Å². The monoisotopic (exact) mass is 455 g/mol. The zero-order chi connectivity index (χ0) is 25.3. The second-order valence-electron chi connectivity index (χ2n) is 9.37. The van der Waals surface area contributed by atoms with E-state index >= 15 is 0 Å². The zero-order valence-corrected chi connectivity index (χ0v) is 22.2. The predicted molar refractivity (Wildman–Crippen MR) is 132 cm³/mol. The van der Waals surface area contributed by atoms with E-state index in [0.29, 0.717) is 18.6 Å². The fourth-order valence-corrected chi connectivity index (χ4v) is 2.98. The first-order chi connectivity index (χ1) is 14.9. The number of amides is 2. The van der Waals surface area contributed by atoms with E-state index in [1.807, 2.05) is 13.8 Å². The fraction of sp³-hybridized carbons (Fsp3) is 0.800. The van der Waals surface area contributed by atoms with Gasteiger partial charge in [0.15, 0.2) is 0 Å². The van der Waals surface area contributed by atoms with Gasteiger partial charge in [-0.1, -0.05) is 47.1 Å². The van der Waals surface area contributed by atoms with Crippen molar-refractivity contribution < 1.29 is 19.1 Å². The lowest BCUT2D eigenvalue weighted by Crippen LogP contribution is -2.43. The molecule has 1 aliphatic rings. The third-order valence-corrected chi connectivity index (χ3v) is 5.01. The molecule has 1 N–H and O–H groups in total. The van der Waals surface area contributed by atoms with Crippen LogP contribution in [0.5, 0.6) is 0 Å². The summed E-state index contributed by atoms with van der Waals surface area (Å²) in [5, 5.41) is 2.34. The van der Waals surface area contributed by atoms with E-state index in [1.165, 1.54) is 30.7 Å². The van der Waals surface area contributed by atoms with E-state index in [2.05, 4.69) is 45.0 Å². The number of hydrogen-bond donors (Lipinski definition) is 1. The second kappa shape index (κ2) is 18.7. The van der Waals surface area contributed by atoms with Crippen molar-refractivity contribution in [3.63, 3.8) is 0 Å². The van der Waals surface area contributed by atoms with Crippen molar-refractivity contribution >= 4 is 18.3 Å². The highest BCUT2D eigenvalue weighted by Crippen LogP contribution is 2.14. The van der Waals surface area contributed by atoms with E-state index in [0.717, 1.165) is 12.0 Å². The first-order valence-corrected chi connectivity index (χ1v) is 11.9. The van der Waals surface area contributed by atoms with Crippen LogP contribution in [0.15, 0.2) is 11.6 Å². The van der Waals surface area contributed by atoms with Crippen LogP contribution < -0.4 is 5.32 Å². The number of carbonyl (C=O) groups excluding carboxylic acids is 3. The number of rotatable bonds is 8. The number of nitrogens with one attached hydrogen (secondary N) is 1. The lowest BCUT2D eigenvalue weighted by atomic mass is 10.00. The van der Waals surface area contributed by atoms with Gasteiger partial charge in [0.1, 0.15) is 0 Å². The highest BCUT2D eigenvalue weighted by molar-refractivity contribution is 5.88. The minimum atomic E-state index is -0.384. The van der Waals surface area contributed by atoms with Crippen molar-refractivity contribution in [3.05, 3.63) is 11.6 Å². The average Bonchev–Trinajstić information content (AvgIpc) is 2.71. The molecular formula is C25H49N3O4. The molecule has 0 aromatic carbocycles. The van der Waals surface area contributed by atoms with Crippen molar-refractivity contribution in [1.82, 2.24) is 15.1 Å². The largest absolute Gasteiger partial charge is 0.463 e. The molecule has 0 spiro atoms. The topological polar surface area (TPSA) is 79.0 Å². The predicted octanol–water partition coefficient (Wildman–Crippen LogP) is 3.88. The lowest BCUT2D eigenvalue weighted by molar-refractivity contribution is -0.138. The van der Waals surface area contributed by atoms with E-state index < -0.39 is 0 Å². The summed E-state index contributed by atoms with van der Waals surface area (Å²) in [6.07, 6.45) is 6.44. The Hall–Kier alpha value is -1.89. The third-order valence-electron chi connectivity index (χ3n) is 5.01. The molecule has 1 heterocycles. The summed E-state index contributed by atoms with van der Waals surface area (Å²) in [6.45, 7) is 17.7. The number of likely N-dealkylation sites (N-methyl/N-ethyl adjacent to an activating group) is 1. The van der Waals surface area contributed by atoms with Crippen LogP contribution in [-0.4, -0.2) is 74.0 Å². The first-order valence-electron chi connectivity index (χ1n) is 11.9. The Bertz CT molecular complexity index is 549. The van der Waals surface area contributed by atoms with Crippen molar-refractivity contribution in [2.45, 2.75) is 86.7 Å². The number of ether oxygens (including phenoxy) is 1. The molecule has 0 bridgehead atoms. The molecule has 7 heteroatoms. The van der Waals surface area contributed by atoms with Gasteiger partial charge in [0.2, 0.25) is 12.3 Å². The van der Waals surface area contributed by atoms with Crippen LogP contribution in [0, 0.1) is 11.8 Å². The molecule has 1 aliphatic heterocycles. The van der Waals surface area contributed by atoms with Gasteiger partial charge in [0.05, 0.1) is 19.2 Å². The van der Waals surface area contributed by atoms with Gasteiger partial charge in [-0.3, -0.25) is 9.59 Å². The van der Waals surface area contributed by atoms with E-state index in [1.54, 1.807) is 27.0 Å². The van der Waals surface area contributed by atoms with Crippen LogP contribution in [0.2, 0.25) is 0 Å². The maximum absolute atomic E-state index is 11.9. The van der Waals surface area contributed by atoms with Crippen LogP contribution in [0.4, 0.5) is 0 Å². The normalized spacial score (nSPS) is 17.4. The quantitative estimate of drug-likeness (QED) is 0.341. The average molecular weight is 456 g/mol. The minimum Gasteiger partial charge on any atom is -0.463 e. The summed E-state index contributed by atoms with van der Waals surface area (Å²) < 4.78 is 4.92. The van der Waals surface area contributed by atoms with Gasteiger partial charge < -0.3 is 19.9 Å². The zero-order valence-electron chi connectivity index (χ0n) is 22.2. The number of esters is 1. The molecule has 0 unspecified atom stereocenters.